The number of anilines is 2. The van der Waals surface area contributed by atoms with E-state index in [9.17, 15) is 4.79 Å². The standard InChI is InChI=1S/C16H22N2O2/c1-11-3-2-4-12(7-11)9-17-13-5-6-15-14(8-13)18-16(19)10-20-15/h5-6,8,11-12,17H,2-4,7,9-10H2,1H3,(H,18,19). The maximum Gasteiger partial charge on any atom is 0.262 e. The third-order valence-electron chi connectivity index (χ3n) is 4.25. The molecule has 20 heavy (non-hydrogen) atoms. The van der Waals surface area contributed by atoms with Gasteiger partial charge in [-0.1, -0.05) is 19.8 Å². The van der Waals surface area contributed by atoms with Gasteiger partial charge in [0.1, 0.15) is 5.75 Å². The minimum Gasteiger partial charge on any atom is -0.482 e. The Morgan fingerprint density at radius 3 is 3.15 bits per heavy atom. The zero-order chi connectivity index (χ0) is 13.9. The summed E-state index contributed by atoms with van der Waals surface area (Å²) in [6.45, 7) is 3.47. The van der Waals surface area contributed by atoms with Gasteiger partial charge < -0.3 is 15.4 Å². The number of amides is 1. The fourth-order valence-electron chi connectivity index (χ4n) is 3.20. The van der Waals surface area contributed by atoms with Crippen LogP contribution in [0.3, 0.4) is 0 Å². The molecule has 2 atom stereocenters. The summed E-state index contributed by atoms with van der Waals surface area (Å²) in [5.74, 6) is 2.28. The molecule has 4 heteroatoms. The number of nitrogens with one attached hydrogen (secondary N) is 2. The van der Waals surface area contributed by atoms with Crippen molar-refractivity contribution in [3.8, 4) is 5.75 Å². The summed E-state index contributed by atoms with van der Waals surface area (Å²) in [5, 5.41) is 6.33. The molecular weight excluding hydrogens is 252 g/mol. The van der Waals surface area contributed by atoms with Crippen molar-refractivity contribution in [2.45, 2.75) is 32.6 Å². The van der Waals surface area contributed by atoms with E-state index in [4.69, 9.17) is 4.74 Å². The van der Waals surface area contributed by atoms with E-state index in [0.717, 1.165) is 35.5 Å². The van der Waals surface area contributed by atoms with Gasteiger partial charge in [0.25, 0.3) is 5.91 Å². The zero-order valence-corrected chi connectivity index (χ0v) is 11.9. The zero-order valence-electron chi connectivity index (χ0n) is 11.9. The number of hydrogen-bond acceptors (Lipinski definition) is 3. The SMILES string of the molecule is CC1CCCC(CNc2ccc3c(c2)NC(=O)CO3)C1. The first-order valence-corrected chi connectivity index (χ1v) is 7.51. The highest BCUT2D eigenvalue weighted by Crippen LogP contribution is 2.32. The highest BCUT2D eigenvalue weighted by atomic mass is 16.5. The lowest BCUT2D eigenvalue weighted by atomic mass is 9.82. The van der Waals surface area contributed by atoms with Crippen molar-refractivity contribution in [2.75, 3.05) is 23.8 Å². The maximum absolute atomic E-state index is 11.3. The molecule has 1 aromatic carbocycles. The summed E-state index contributed by atoms with van der Waals surface area (Å²) < 4.78 is 5.36. The molecule has 108 valence electrons. The van der Waals surface area contributed by atoms with Gasteiger partial charge >= 0.3 is 0 Å². The van der Waals surface area contributed by atoms with E-state index in [1.165, 1.54) is 25.7 Å². The molecule has 2 N–H and O–H groups in total. The van der Waals surface area contributed by atoms with Crippen LogP contribution in [0, 0.1) is 11.8 Å². The molecule has 1 amide bonds. The fraction of sp³-hybridized carbons (Fsp3) is 0.562. The molecule has 4 nitrogen and oxygen atoms in total. The normalized spacial score (nSPS) is 25.4. The van der Waals surface area contributed by atoms with Gasteiger partial charge in [-0.25, -0.2) is 0 Å². The van der Waals surface area contributed by atoms with Crippen molar-refractivity contribution in [1.29, 1.82) is 0 Å². The van der Waals surface area contributed by atoms with E-state index in [1.807, 2.05) is 18.2 Å². The molecule has 2 aliphatic rings. The van der Waals surface area contributed by atoms with E-state index in [1.54, 1.807) is 0 Å². The Labute approximate surface area is 119 Å². The topological polar surface area (TPSA) is 50.4 Å². The minimum atomic E-state index is -0.0873. The maximum atomic E-state index is 11.3. The van der Waals surface area contributed by atoms with Gasteiger partial charge in [-0.3, -0.25) is 4.79 Å². The van der Waals surface area contributed by atoms with Gasteiger partial charge in [0.05, 0.1) is 5.69 Å². The van der Waals surface area contributed by atoms with Gasteiger partial charge in [-0.15, -0.1) is 0 Å². The van der Waals surface area contributed by atoms with Crippen LogP contribution in [0.1, 0.15) is 32.6 Å². The lowest BCUT2D eigenvalue weighted by Crippen LogP contribution is -2.25. The number of benzene rings is 1. The van der Waals surface area contributed by atoms with Crippen LogP contribution in [0.25, 0.3) is 0 Å². The van der Waals surface area contributed by atoms with E-state index >= 15 is 0 Å². The van der Waals surface area contributed by atoms with Crippen LogP contribution in [0.2, 0.25) is 0 Å². The second-order valence-electron chi connectivity index (χ2n) is 6.07. The molecule has 1 aliphatic heterocycles. The smallest absolute Gasteiger partial charge is 0.262 e. The largest absolute Gasteiger partial charge is 0.482 e. The van der Waals surface area contributed by atoms with Crippen LogP contribution in [0.15, 0.2) is 18.2 Å². The van der Waals surface area contributed by atoms with Crippen molar-refractivity contribution in [3.63, 3.8) is 0 Å². The molecule has 0 spiro atoms. The van der Waals surface area contributed by atoms with Crippen molar-refractivity contribution in [2.24, 2.45) is 11.8 Å². The monoisotopic (exact) mass is 274 g/mol. The van der Waals surface area contributed by atoms with Crippen molar-refractivity contribution < 1.29 is 9.53 Å². The first-order chi connectivity index (χ1) is 9.70. The van der Waals surface area contributed by atoms with Crippen molar-refractivity contribution >= 4 is 17.3 Å². The molecule has 1 saturated carbocycles. The fourth-order valence-corrected chi connectivity index (χ4v) is 3.20. The number of hydrogen-bond donors (Lipinski definition) is 2. The summed E-state index contributed by atoms with van der Waals surface area (Å²) in [4.78, 5) is 11.3. The average molecular weight is 274 g/mol. The Morgan fingerprint density at radius 1 is 1.40 bits per heavy atom. The predicted octanol–water partition coefficient (Wildman–Crippen LogP) is 3.26. The summed E-state index contributed by atoms with van der Waals surface area (Å²) in [6.07, 6.45) is 5.36. The van der Waals surface area contributed by atoms with E-state index in [2.05, 4.69) is 17.6 Å². The molecule has 0 saturated heterocycles. The number of carbonyl (C=O) groups excluding carboxylic acids is 1. The van der Waals surface area contributed by atoms with Crippen LogP contribution in [-0.2, 0) is 4.79 Å². The molecule has 0 radical (unpaired) electrons. The number of rotatable bonds is 3. The van der Waals surface area contributed by atoms with E-state index in [0.29, 0.717) is 0 Å². The lowest BCUT2D eigenvalue weighted by Gasteiger charge is -2.27. The molecule has 3 rings (SSSR count). The number of carbonyl (C=O) groups is 1. The second kappa shape index (κ2) is 5.73. The first-order valence-electron chi connectivity index (χ1n) is 7.51. The molecule has 1 aromatic rings. The summed E-state index contributed by atoms with van der Waals surface area (Å²) in [6, 6.07) is 5.89. The Kier molecular flexibility index (Phi) is 3.81. The molecular formula is C16H22N2O2. The molecule has 0 bridgehead atoms. The van der Waals surface area contributed by atoms with Crippen LogP contribution >= 0.6 is 0 Å². The molecule has 1 heterocycles. The van der Waals surface area contributed by atoms with Gasteiger partial charge in [0.15, 0.2) is 6.61 Å². The van der Waals surface area contributed by atoms with Gasteiger partial charge in [-0.2, -0.15) is 0 Å². The van der Waals surface area contributed by atoms with Gasteiger partial charge in [-0.05, 0) is 42.9 Å². The van der Waals surface area contributed by atoms with E-state index < -0.39 is 0 Å². The number of fused-ring (bicyclic) bond motifs is 1. The Hall–Kier alpha value is -1.71. The Morgan fingerprint density at radius 2 is 2.30 bits per heavy atom. The highest BCUT2D eigenvalue weighted by Gasteiger charge is 2.19. The van der Waals surface area contributed by atoms with Crippen molar-refractivity contribution in [1.82, 2.24) is 0 Å². The van der Waals surface area contributed by atoms with Crippen LogP contribution in [0.5, 0.6) is 5.75 Å². The molecule has 0 aromatic heterocycles. The van der Waals surface area contributed by atoms with Gasteiger partial charge in [0, 0.05) is 12.2 Å². The second-order valence-corrected chi connectivity index (χ2v) is 6.07. The van der Waals surface area contributed by atoms with Crippen LogP contribution in [0.4, 0.5) is 11.4 Å². The first kappa shape index (κ1) is 13.3. The molecule has 1 fully saturated rings. The molecule has 2 unspecified atom stereocenters. The predicted molar refractivity (Wildman–Crippen MR) is 80.2 cm³/mol. The lowest BCUT2D eigenvalue weighted by molar-refractivity contribution is -0.118. The minimum absolute atomic E-state index is 0.0873. The van der Waals surface area contributed by atoms with Gasteiger partial charge in [0.2, 0.25) is 0 Å². The third-order valence-corrected chi connectivity index (χ3v) is 4.25. The quantitative estimate of drug-likeness (QED) is 0.889. The molecule has 1 aliphatic carbocycles. The Balaban J connectivity index is 1.60. The summed E-state index contributed by atoms with van der Waals surface area (Å²) >= 11 is 0. The summed E-state index contributed by atoms with van der Waals surface area (Å²) in [5.41, 5.74) is 1.82. The van der Waals surface area contributed by atoms with Crippen LogP contribution in [-0.4, -0.2) is 19.1 Å². The number of ether oxygens (including phenoxy) is 1. The van der Waals surface area contributed by atoms with Crippen molar-refractivity contribution in [3.05, 3.63) is 18.2 Å². The highest BCUT2D eigenvalue weighted by molar-refractivity contribution is 5.95. The third kappa shape index (κ3) is 3.06. The Bertz CT molecular complexity index is 501. The van der Waals surface area contributed by atoms with Crippen LogP contribution < -0.4 is 15.4 Å². The average Bonchev–Trinajstić information content (AvgIpc) is 2.45. The summed E-state index contributed by atoms with van der Waals surface area (Å²) in [7, 11) is 0. The van der Waals surface area contributed by atoms with E-state index in [-0.39, 0.29) is 12.5 Å².